The van der Waals surface area contributed by atoms with Crippen LogP contribution < -0.4 is 5.32 Å². The van der Waals surface area contributed by atoms with E-state index in [4.69, 9.17) is 0 Å². The molecule has 0 spiro atoms. The van der Waals surface area contributed by atoms with Gasteiger partial charge in [-0.05, 0) is 37.1 Å². The second-order valence-electron chi connectivity index (χ2n) is 3.82. The van der Waals surface area contributed by atoms with Gasteiger partial charge in [-0.2, -0.15) is 5.10 Å². The van der Waals surface area contributed by atoms with Crippen molar-refractivity contribution in [3.63, 3.8) is 0 Å². The summed E-state index contributed by atoms with van der Waals surface area (Å²) in [7, 11) is 6.12. The Morgan fingerprint density at radius 2 is 2.27 bits per heavy atom. The number of likely N-dealkylation sites (N-methyl/N-ethyl adjacent to an activating group) is 2. The van der Waals surface area contributed by atoms with Gasteiger partial charge in [-0.25, -0.2) is 0 Å². The number of hydrogen-bond acceptors (Lipinski definition) is 3. The molecule has 0 saturated heterocycles. The van der Waals surface area contributed by atoms with Gasteiger partial charge in [-0.15, -0.1) is 0 Å². The molecule has 0 unspecified atom stereocenters. The Hall–Kier alpha value is -0.390. The molecule has 0 aromatic carbocycles. The first kappa shape index (κ1) is 12.7. The van der Waals surface area contributed by atoms with Gasteiger partial charge < -0.3 is 10.2 Å². The first-order valence-corrected chi connectivity index (χ1v) is 5.94. The van der Waals surface area contributed by atoms with Gasteiger partial charge in [0.2, 0.25) is 0 Å². The highest BCUT2D eigenvalue weighted by atomic mass is 79.9. The average molecular weight is 275 g/mol. The Balaban J connectivity index is 2.61. The number of nitrogens with zero attached hydrogens (tertiary/aromatic N) is 3. The molecule has 5 heteroatoms. The first-order chi connectivity index (χ1) is 7.15. The van der Waals surface area contributed by atoms with Crippen molar-refractivity contribution in [3.05, 3.63) is 16.4 Å². The average Bonchev–Trinajstić information content (AvgIpc) is 2.53. The smallest absolute Gasteiger partial charge is 0.0635 e. The van der Waals surface area contributed by atoms with Crippen LogP contribution in [0.5, 0.6) is 0 Å². The molecule has 1 aromatic rings. The zero-order chi connectivity index (χ0) is 11.3. The van der Waals surface area contributed by atoms with Crippen molar-refractivity contribution in [3.8, 4) is 0 Å². The zero-order valence-electron chi connectivity index (χ0n) is 9.63. The predicted octanol–water partition coefficient (Wildman–Crippen LogP) is 0.969. The summed E-state index contributed by atoms with van der Waals surface area (Å²) < 4.78 is 3.18. The highest BCUT2D eigenvalue weighted by molar-refractivity contribution is 9.10. The lowest BCUT2D eigenvalue weighted by atomic mass is 10.3. The maximum absolute atomic E-state index is 4.36. The van der Waals surface area contributed by atoms with Crippen LogP contribution in [0.3, 0.4) is 0 Å². The van der Waals surface area contributed by atoms with Crippen molar-refractivity contribution < 1.29 is 0 Å². The van der Waals surface area contributed by atoms with Crippen molar-refractivity contribution in [1.29, 1.82) is 0 Å². The molecule has 1 rings (SSSR count). The van der Waals surface area contributed by atoms with Crippen LogP contribution in [0.4, 0.5) is 0 Å². The largest absolute Gasteiger partial charge is 0.319 e. The van der Waals surface area contributed by atoms with Gasteiger partial charge in [0.1, 0.15) is 0 Å². The fourth-order valence-corrected chi connectivity index (χ4v) is 1.86. The van der Waals surface area contributed by atoms with Crippen molar-refractivity contribution in [2.45, 2.75) is 13.0 Å². The van der Waals surface area contributed by atoms with Crippen LogP contribution in [0.15, 0.2) is 10.7 Å². The van der Waals surface area contributed by atoms with E-state index in [1.54, 1.807) is 0 Å². The van der Waals surface area contributed by atoms with E-state index < -0.39 is 0 Å². The lowest BCUT2D eigenvalue weighted by Crippen LogP contribution is -2.21. The molecule has 0 aliphatic carbocycles. The van der Waals surface area contributed by atoms with Crippen LogP contribution in [0.25, 0.3) is 0 Å². The molecule has 0 amide bonds. The van der Waals surface area contributed by atoms with Gasteiger partial charge in [0.05, 0.1) is 22.9 Å². The normalized spacial score (nSPS) is 11.3. The molecule has 1 aromatic heterocycles. The molecule has 15 heavy (non-hydrogen) atoms. The van der Waals surface area contributed by atoms with Gasteiger partial charge in [-0.1, -0.05) is 0 Å². The van der Waals surface area contributed by atoms with Gasteiger partial charge in [0.25, 0.3) is 0 Å². The van der Waals surface area contributed by atoms with E-state index in [0.29, 0.717) is 0 Å². The molecule has 1 heterocycles. The third-order valence-electron chi connectivity index (χ3n) is 2.27. The summed E-state index contributed by atoms with van der Waals surface area (Å²) in [5.41, 5.74) is 1.27. The summed E-state index contributed by atoms with van der Waals surface area (Å²) in [6.07, 6.45) is 2.88. The highest BCUT2D eigenvalue weighted by Crippen LogP contribution is 2.16. The lowest BCUT2D eigenvalue weighted by Gasteiger charge is -2.12. The molecule has 86 valence electrons. The van der Waals surface area contributed by atoms with Crippen molar-refractivity contribution >= 4 is 15.9 Å². The van der Waals surface area contributed by atoms with Crippen molar-refractivity contribution in [2.75, 3.05) is 34.2 Å². The monoisotopic (exact) mass is 274 g/mol. The minimum atomic E-state index is 0.942. The van der Waals surface area contributed by atoms with Crippen molar-refractivity contribution in [1.82, 2.24) is 20.0 Å². The van der Waals surface area contributed by atoms with Gasteiger partial charge >= 0.3 is 0 Å². The van der Waals surface area contributed by atoms with Crippen LogP contribution in [0.2, 0.25) is 0 Å². The summed E-state index contributed by atoms with van der Waals surface area (Å²) in [4.78, 5) is 2.16. The molecule has 4 nitrogen and oxygen atoms in total. The van der Waals surface area contributed by atoms with Crippen LogP contribution in [-0.2, 0) is 13.0 Å². The fourth-order valence-electron chi connectivity index (χ4n) is 1.37. The van der Waals surface area contributed by atoms with E-state index in [-0.39, 0.29) is 0 Å². The zero-order valence-corrected chi connectivity index (χ0v) is 11.2. The summed E-state index contributed by atoms with van der Waals surface area (Å²) >= 11 is 3.53. The molecule has 1 N–H and O–H groups in total. The molecule has 0 aliphatic heterocycles. The molecule has 0 bridgehead atoms. The SMILES string of the molecule is CNCCc1c(Br)cnn1CCN(C)C. The number of hydrogen-bond donors (Lipinski definition) is 1. The number of nitrogens with one attached hydrogen (secondary N) is 1. The summed E-state index contributed by atoms with van der Waals surface area (Å²) in [6, 6.07) is 0. The number of aromatic nitrogens is 2. The summed E-state index contributed by atoms with van der Waals surface area (Å²) in [6.45, 7) is 2.94. The predicted molar refractivity (Wildman–Crippen MR) is 66.1 cm³/mol. The fraction of sp³-hybridized carbons (Fsp3) is 0.700. The molecule has 0 aliphatic rings. The Kier molecular flexibility index (Phi) is 5.28. The second-order valence-corrected chi connectivity index (χ2v) is 4.67. The lowest BCUT2D eigenvalue weighted by molar-refractivity contribution is 0.369. The van der Waals surface area contributed by atoms with Crippen LogP contribution in [-0.4, -0.2) is 48.9 Å². The highest BCUT2D eigenvalue weighted by Gasteiger charge is 2.07. The topological polar surface area (TPSA) is 33.1 Å². The Bertz CT molecular complexity index is 296. The van der Waals surface area contributed by atoms with E-state index in [2.05, 4.69) is 50.0 Å². The van der Waals surface area contributed by atoms with E-state index in [1.807, 2.05) is 13.2 Å². The van der Waals surface area contributed by atoms with Crippen LogP contribution in [0.1, 0.15) is 5.69 Å². The molecule has 0 saturated carbocycles. The van der Waals surface area contributed by atoms with E-state index in [9.17, 15) is 0 Å². The second kappa shape index (κ2) is 6.25. The maximum atomic E-state index is 4.36. The van der Waals surface area contributed by atoms with Gasteiger partial charge in [0, 0.05) is 19.5 Å². The minimum Gasteiger partial charge on any atom is -0.319 e. The standard InChI is InChI=1S/C10H19BrN4/c1-12-5-4-10-9(11)8-13-15(10)7-6-14(2)3/h8,12H,4-7H2,1-3H3. The Morgan fingerprint density at radius 1 is 1.53 bits per heavy atom. The van der Waals surface area contributed by atoms with Crippen molar-refractivity contribution in [2.24, 2.45) is 0 Å². The quantitative estimate of drug-likeness (QED) is 0.839. The molecule has 0 radical (unpaired) electrons. The third kappa shape index (κ3) is 3.93. The molecule has 0 fully saturated rings. The third-order valence-corrected chi connectivity index (χ3v) is 2.93. The molecule has 0 atom stereocenters. The number of halogens is 1. The maximum Gasteiger partial charge on any atom is 0.0635 e. The van der Waals surface area contributed by atoms with Gasteiger partial charge in [-0.3, -0.25) is 4.68 Å². The molecular weight excluding hydrogens is 256 g/mol. The van der Waals surface area contributed by atoms with E-state index in [0.717, 1.165) is 30.5 Å². The van der Waals surface area contributed by atoms with Crippen LogP contribution >= 0.6 is 15.9 Å². The minimum absolute atomic E-state index is 0.942. The van der Waals surface area contributed by atoms with E-state index in [1.165, 1.54) is 5.69 Å². The Morgan fingerprint density at radius 3 is 2.87 bits per heavy atom. The first-order valence-electron chi connectivity index (χ1n) is 5.14. The van der Waals surface area contributed by atoms with E-state index >= 15 is 0 Å². The summed E-state index contributed by atoms with van der Waals surface area (Å²) in [5.74, 6) is 0. The molecular formula is C10H19BrN4. The summed E-state index contributed by atoms with van der Waals surface area (Å²) in [5, 5.41) is 7.51. The number of rotatable bonds is 6. The van der Waals surface area contributed by atoms with Gasteiger partial charge in [0.15, 0.2) is 0 Å². The Labute approximate surface area is 99.8 Å². The van der Waals surface area contributed by atoms with Crippen LogP contribution in [0, 0.1) is 0 Å².